The molecule has 0 aliphatic heterocycles. The largest absolute Gasteiger partial charge is 0.395 e. The van der Waals surface area contributed by atoms with Crippen LogP contribution in [-0.4, -0.2) is 24.8 Å². The molecule has 2 N–H and O–H groups in total. The van der Waals surface area contributed by atoms with Crippen molar-refractivity contribution in [3.05, 3.63) is 35.9 Å². The molecule has 0 heterocycles. The molecular weight excluding hydrogens is 294 g/mol. The van der Waals surface area contributed by atoms with Gasteiger partial charge in [0.2, 0.25) is 0 Å². The summed E-state index contributed by atoms with van der Waals surface area (Å²) < 4.78 is 0. The lowest BCUT2D eigenvalue weighted by Crippen LogP contribution is -2.50. The first-order valence-electron chi connectivity index (χ1n) is 10.1. The van der Waals surface area contributed by atoms with Gasteiger partial charge in [0.25, 0.3) is 0 Å². The molecule has 24 heavy (non-hydrogen) atoms. The molecule has 0 radical (unpaired) electrons. The summed E-state index contributed by atoms with van der Waals surface area (Å²) in [5, 5.41) is 13.8. The average molecular weight is 325 g/mol. The Morgan fingerprint density at radius 2 is 1.54 bits per heavy atom. The zero-order valence-corrected chi connectivity index (χ0v) is 14.7. The maximum absolute atomic E-state index is 9.98. The standard InChI is InChI=1S/C22H31NO/c24-15-22(19-4-2-1-3-5-19)12-20(22)13-23-14-21-9-16-6-17(10-21)8-18(7-16)11-21/h1-5,16-18,20,23-24H,6-15H2. The molecule has 5 saturated carbocycles. The molecule has 2 heteroatoms. The van der Waals surface area contributed by atoms with Gasteiger partial charge < -0.3 is 10.4 Å². The Morgan fingerprint density at radius 1 is 0.917 bits per heavy atom. The number of rotatable bonds is 6. The number of aliphatic hydroxyl groups is 1. The van der Waals surface area contributed by atoms with Crippen LogP contribution in [0, 0.1) is 29.1 Å². The second-order valence-corrected chi connectivity index (χ2v) is 9.63. The number of benzene rings is 1. The Kier molecular flexibility index (Phi) is 3.58. The molecule has 6 rings (SSSR count). The lowest BCUT2D eigenvalue weighted by atomic mass is 9.49. The highest BCUT2D eigenvalue weighted by Gasteiger charge is 2.55. The Morgan fingerprint density at radius 3 is 2.12 bits per heavy atom. The number of hydrogen-bond acceptors (Lipinski definition) is 2. The van der Waals surface area contributed by atoms with Gasteiger partial charge in [0, 0.05) is 12.0 Å². The van der Waals surface area contributed by atoms with Gasteiger partial charge in [0.15, 0.2) is 0 Å². The van der Waals surface area contributed by atoms with Gasteiger partial charge in [-0.15, -0.1) is 0 Å². The molecule has 130 valence electrons. The van der Waals surface area contributed by atoms with Crippen molar-refractivity contribution in [1.29, 1.82) is 0 Å². The van der Waals surface area contributed by atoms with Gasteiger partial charge in [0.05, 0.1) is 6.61 Å². The summed E-state index contributed by atoms with van der Waals surface area (Å²) in [6, 6.07) is 10.7. The van der Waals surface area contributed by atoms with Crippen molar-refractivity contribution in [3.8, 4) is 0 Å². The highest BCUT2D eigenvalue weighted by Crippen LogP contribution is 2.60. The molecule has 2 nitrogen and oxygen atoms in total. The third-order valence-corrected chi connectivity index (χ3v) is 7.92. The fourth-order valence-electron chi connectivity index (χ4n) is 7.07. The van der Waals surface area contributed by atoms with Gasteiger partial charge in [-0.1, -0.05) is 30.3 Å². The van der Waals surface area contributed by atoms with Crippen molar-refractivity contribution < 1.29 is 5.11 Å². The van der Waals surface area contributed by atoms with E-state index in [0.29, 0.717) is 17.9 Å². The Labute approximate surface area is 146 Å². The predicted molar refractivity (Wildman–Crippen MR) is 96.8 cm³/mol. The van der Waals surface area contributed by atoms with E-state index < -0.39 is 0 Å². The zero-order chi connectivity index (χ0) is 16.2. The summed E-state index contributed by atoms with van der Waals surface area (Å²) in [7, 11) is 0. The fraction of sp³-hybridized carbons (Fsp3) is 0.727. The normalized spacial score (nSPS) is 45.5. The van der Waals surface area contributed by atoms with Crippen LogP contribution >= 0.6 is 0 Å². The predicted octanol–water partition coefficient (Wildman–Crippen LogP) is 3.74. The van der Waals surface area contributed by atoms with E-state index in [1.165, 1.54) is 50.6 Å². The van der Waals surface area contributed by atoms with E-state index in [4.69, 9.17) is 0 Å². The smallest absolute Gasteiger partial charge is 0.0531 e. The van der Waals surface area contributed by atoms with E-state index in [2.05, 4.69) is 35.6 Å². The molecule has 0 spiro atoms. The van der Waals surface area contributed by atoms with E-state index in [-0.39, 0.29) is 5.41 Å². The van der Waals surface area contributed by atoms with E-state index in [0.717, 1.165) is 30.7 Å². The topological polar surface area (TPSA) is 32.3 Å². The summed E-state index contributed by atoms with van der Waals surface area (Å²) in [5.74, 6) is 3.73. The Balaban J connectivity index is 1.19. The fourth-order valence-corrected chi connectivity index (χ4v) is 7.07. The van der Waals surface area contributed by atoms with Gasteiger partial charge in [0.1, 0.15) is 0 Å². The number of aliphatic hydroxyl groups excluding tert-OH is 1. The average Bonchev–Trinajstić information content (AvgIpc) is 3.29. The van der Waals surface area contributed by atoms with Crippen molar-refractivity contribution in [3.63, 3.8) is 0 Å². The summed E-state index contributed by atoms with van der Waals surface area (Å²) in [5.41, 5.74) is 1.99. The van der Waals surface area contributed by atoms with Crippen LogP contribution in [0.15, 0.2) is 30.3 Å². The van der Waals surface area contributed by atoms with Gasteiger partial charge in [-0.2, -0.15) is 0 Å². The molecule has 1 aromatic carbocycles. The van der Waals surface area contributed by atoms with Crippen molar-refractivity contribution in [2.75, 3.05) is 19.7 Å². The summed E-state index contributed by atoms with van der Waals surface area (Å²) in [6.07, 6.45) is 10.2. The van der Waals surface area contributed by atoms with Crippen LogP contribution in [0.4, 0.5) is 0 Å². The highest BCUT2D eigenvalue weighted by molar-refractivity contribution is 5.34. The molecule has 5 aliphatic rings. The second kappa shape index (κ2) is 5.57. The van der Waals surface area contributed by atoms with E-state index in [1.807, 2.05) is 0 Å². The molecular formula is C22H31NO. The van der Waals surface area contributed by atoms with Gasteiger partial charge in [-0.3, -0.25) is 0 Å². The van der Waals surface area contributed by atoms with Crippen molar-refractivity contribution in [2.45, 2.75) is 50.4 Å². The van der Waals surface area contributed by atoms with Crippen molar-refractivity contribution in [2.24, 2.45) is 29.1 Å². The Hall–Kier alpha value is -0.860. The number of nitrogens with one attached hydrogen (secondary N) is 1. The van der Waals surface area contributed by atoms with Crippen LogP contribution in [0.3, 0.4) is 0 Å². The monoisotopic (exact) mass is 325 g/mol. The molecule has 4 bridgehead atoms. The highest BCUT2D eigenvalue weighted by atomic mass is 16.3. The van der Waals surface area contributed by atoms with Gasteiger partial charge in [-0.05, 0) is 86.1 Å². The van der Waals surface area contributed by atoms with Crippen molar-refractivity contribution >= 4 is 0 Å². The summed E-state index contributed by atoms with van der Waals surface area (Å²) in [4.78, 5) is 0. The summed E-state index contributed by atoms with van der Waals surface area (Å²) >= 11 is 0. The Bertz CT molecular complexity index is 562. The molecule has 2 atom stereocenters. The third kappa shape index (κ3) is 2.45. The minimum absolute atomic E-state index is 0.0374. The first-order chi connectivity index (χ1) is 11.7. The van der Waals surface area contributed by atoms with Crippen LogP contribution < -0.4 is 5.32 Å². The maximum Gasteiger partial charge on any atom is 0.0531 e. The lowest BCUT2D eigenvalue weighted by molar-refractivity contribution is -0.0513. The van der Waals surface area contributed by atoms with Crippen LogP contribution in [0.2, 0.25) is 0 Å². The van der Waals surface area contributed by atoms with Gasteiger partial charge >= 0.3 is 0 Å². The van der Waals surface area contributed by atoms with Gasteiger partial charge in [-0.25, -0.2) is 0 Å². The number of hydrogen-bond donors (Lipinski definition) is 2. The van der Waals surface area contributed by atoms with Crippen LogP contribution in [0.25, 0.3) is 0 Å². The minimum atomic E-state index is 0.0374. The quantitative estimate of drug-likeness (QED) is 0.835. The zero-order valence-electron chi connectivity index (χ0n) is 14.7. The van der Waals surface area contributed by atoms with Crippen LogP contribution in [0.5, 0.6) is 0 Å². The lowest BCUT2D eigenvalue weighted by Gasteiger charge is -2.57. The first kappa shape index (κ1) is 15.4. The summed E-state index contributed by atoms with van der Waals surface area (Å²) in [6.45, 7) is 2.60. The van der Waals surface area contributed by atoms with E-state index in [1.54, 1.807) is 0 Å². The SMILES string of the molecule is OCC1(c2ccccc2)CC1CNCC12CC3CC(CC(C3)C1)C2. The second-order valence-electron chi connectivity index (χ2n) is 9.63. The molecule has 0 saturated heterocycles. The molecule has 2 unspecified atom stereocenters. The molecule has 0 amide bonds. The first-order valence-corrected chi connectivity index (χ1v) is 10.1. The third-order valence-electron chi connectivity index (χ3n) is 7.92. The molecule has 5 fully saturated rings. The molecule has 5 aliphatic carbocycles. The maximum atomic E-state index is 9.98. The van der Waals surface area contributed by atoms with Crippen LogP contribution in [-0.2, 0) is 5.41 Å². The molecule has 0 aromatic heterocycles. The van der Waals surface area contributed by atoms with E-state index in [9.17, 15) is 5.11 Å². The van der Waals surface area contributed by atoms with E-state index >= 15 is 0 Å². The molecule has 1 aromatic rings. The van der Waals surface area contributed by atoms with Crippen LogP contribution in [0.1, 0.15) is 50.5 Å². The minimum Gasteiger partial charge on any atom is -0.395 e. The van der Waals surface area contributed by atoms with Crippen molar-refractivity contribution in [1.82, 2.24) is 5.32 Å².